The minimum atomic E-state index is -0.510. The summed E-state index contributed by atoms with van der Waals surface area (Å²) < 4.78 is 18.5. The van der Waals surface area contributed by atoms with Gasteiger partial charge in [0.1, 0.15) is 11.6 Å². The average Bonchev–Trinajstić information content (AvgIpc) is 3.16. The number of H-pyrrole nitrogens is 1. The van der Waals surface area contributed by atoms with Gasteiger partial charge in [0.05, 0.1) is 19.9 Å². The first-order valence-electron chi connectivity index (χ1n) is 7.81. The third kappa shape index (κ3) is 4.17. The number of hydrogen-bond donors (Lipinski definition) is 3. The van der Waals surface area contributed by atoms with Crippen LogP contribution in [0.4, 0.5) is 14.9 Å². The lowest BCUT2D eigenvalue weighted by Crippen LogP contribution is -2.39. The number of anilines is 1. The molecule has 8 heteroatoms. The standard InChI is InChI=1S/C18H18FN5O2/c1-26-17-7-12(6-15(19)8-17)11-24(20)18(25)23-16-4-2-13(3-5-16)14-9-21-22-10-14/h2-10H,11,20H2,1H3,(H,21,22)(H,23,25). The largest absolute Gasteiger partial charge is 0.497 e. The van der Waals surface area contributed by atoms with E-state index >= 15 is 0 Å². The zero-order valence-corrected chi connectivity index (χ0v) is 14.1. The number of rotatable bonds is 5. The Hall–Kier alpha value is -3.39. The second-order valence-corrected chi connectivity index (χ2v) is 5.62. The van der Waals surface area contributed by atoms with Gasteiger partial charge >= 0.3 is 6.03 Å². The van der Waals surface area contributed by atoms with Gasteiger partial charge in [0.15, 0.2) is 0 Å². The fraction of sp³-hybridized carbons (Fsp3) is 0.111. The van der Waals surface area contributed by atoms with E-state index in [2.05, 4.69) is 15.5 Å². The van der Waals surface area contributed by atoms with Gasteiger partial charge in [-0.15, -0.1) is 0 Å². The first-order chi connectivity index (χ1) is 12.5. The van der Waals surface area contributed by atoms with Gasteiger partial charge in [0.2, 0.25) is 0 Å². The highest BCUT2D eigenvalue weighted by molar-refractivity contribution is 5.89. The highest BCUT2D eigenvalue weighted by atomic mass is 19.1. The molecule has 3 aromatic rings. The lowest BCUT2D eigenvalue weighted by atomic mass is 10.1. The van der Waals surface area contributed by atoms with E-state index in [1.807, 2.05) is 12.1 Å². The number of nitrogens with one attached hydrogen (secondary N) is 2. The summed E-state index contributed by atoms with van der Waals surface area (Å²) in [5, 5.41) is 10.3. The number of methoxy groups -OCH3 is 1. The number of hydrazine groups is 1. The summed E-state index contributed by atoms with van der Waals surface area (Å²) in [6.07, 6.45) is 3.49. The van der Waals surface area contributed by atoms with Crippen LogP contribution in [0.3, 0.4) is 0 Å². The number of carbonyl (C=O) groups is 1. The van der Waals surface area contributed by atoms with E-state index in [-0.39, 0.29) is 6.54 Å². The Morgan fingerprint density at radius 1 is 1.27 bits per heavy atom. The maximum atomic E-state index is 13.5. The van der Waals surface area contributed by atoms with E-state index in [0.29, 0.717) is 17.0 Å². The summed E-state index contributed by atoms with van der Waals surface area (Å²) in [6, 6.07) is 10.9. The van der Waals surface area contributed by atoms with Gasteiger partial charge < -0.3 is 10.1 Å². The molecule has 0 aliphatic carbocycles. The first-order valence-corrected chi connectivity index (χ1v) is 7.81. The Morgan fingerprint density at radius 2 is 2.04 bits per heavy atom. The minimum absolute atomic E-state index is 0.0348. The minimum Gasteiger partial charge on any atom is -0.497 e. The normalized spacial score (nSPS) is 10.4. The topological polar surface area (TPSA) is 96.3 Å². The molecule has 26 heavy (non-hydrogen) atoms. The molecule has 0 aliphatic rings. The summed E-state index contributed by atoms with van der Waals surface area (Å²) in [7, 11) is 1.44. The van der Waals surface area contributed by atoms with Crippen molar-refractivity contribution in [2.45, 2.75) is 6.54 Å². The van der Waals surface area contributed by atoms with Crippen LogP contribution in [0.5, 0.6) is 5.75 Å². The number of aromatic amines is 1. The van der Waals surface area contributed by atoms with Gasteiger partial charge in [0, 0.05) is 23.5 Å². The molecule has 2 aromatic carbocycles. The van der Waals surface area contributed by atoms with Crippen LogP contribution in [0, 0.1) is 5.82 Å². The fourth-order valence-corrected chi connectivity index (χ4v) is 2.45. The van der Waals surface area contributed by atoms with Crippen molar-refractivity contribution in [2.75, 3.05) is 12.4 Å². The predicted octanol–water partition coefficient (Wildman–Crippen LogP) is 3.13. The summed E-state index contributed by atoms with van der Waals surface area (Å²) in [5.74, 6) is 5.70. The smallest absolute Gasteiger partial charge is 0.336 e. The van der Waals surface area contributed by atoms with Crippen LogP contribution in [0.1, 0.15) is 5.56 Å². The van der Waals surface area contributed by atoms with Crippen LogP contribution in [-0.4, -0.2) is 28.3 Å². The van der Waals surface area contributed by atoms with Gasteiger partial charge in [-0.3, -0.25) is 10.1 Å². The number of amides is 2. The molecule has 0 saturated heterocycles. The summed E-state index contributed by atoms with van der Waals surface area (Å²) in [5.41, 5.74) is 3.03. The van der Waals surface area contributed by atoms with Gasteiger partial charge in [-0.1, -0.05) is 12.1 Å². The highest BCUT2D eigenvalue weighted by Gasteiger charge is 2.12. The Morgan fingerprint density at radius 3 is 2.69 bits per heavy atom. The van der Waals surface area contributed by atoms with Crippen molar-refractivity contribution in [1.29, 1.82) is 0 Å². The number of benzene rings is 2. The molecule has 0 bridgehead atoms. The van der Waals surface area contributed by atoms with Crippen molar-refractivity contribution in [1.82, 2.24) is 15.2 Å². The quantitative estimate of drug-likeness (QED) is 0.372. The molecule has 7 nitrogen and oxygen atoms in total. The highest BCUT2D eigenvalue weighted by Crippen LogP contribution is 2.20. The predicted molar refractivity (Wildman–Crippen MR) is 95.7 cm³/mol. The molecule has 0 aliphatic heterocycles. The van der Waals surface area contributed by atoms with E-state index in [0.717, 1.165) is 16.1 Å². The van der Waals surface area contributed by atoms with E-state index in [1.165, 1.54) is 19.2 Å². The molecule has 0 atom stereocenters. The molecule has 2 amide bonds. The number of hydrogen-bond acceptors (Lipinski definition) is 4. The second-order valence-electron chi connectivity index (χ2n) is 5.62. The van der Waals surface area contributed by atoms with E-state index in [1.54, 1.807) is 30.6 Å². The van der Waals surface area contributed by atoms with Crippen LogP contribution in [0.25, 0.3) is 11.1 Å². The van der Waals surface area contributed by atoms with Gasteiger partial charge in [-0.25, -0.2) is 15.0 Å². The van der Waals surface area contributed by atoms with Crippen LogP contribution in [-0.2, 0) is 6.54 Å². The molecule has 1 aromatic heterocycles. The van der Waals surface area contributed by atoms with Gasteiger partial charge in [-0.05, 0) is 35.4 Å². The van der Waals surface area contributed by atoms with E-state index in [4.69, 9.17) is 10.6 Å². The maximum absolute atomic E-state index is 13.5. The summed E-state index contributed by atoms with van der Waals surface area (Å²) >= 11 is 0. The lowest BCUT2D eigenvalue weighted by molar-refractivity contribution is 0.210. The van der Waals surface area contributed by atoms with Crippen molar-refractivity contribution in [3.05, 3.63) is 66.2 Å². The van der Waals surface area contributed by atoms with Crippen LogP contribution < -0.4 is 15.9 Å². The Kier molecular flexibility index (Phi) is 5.14. The molecule has 0 spiro atoms. The zero-order valence-electron chi connectivity index (χ0n) is 14.1. The Bertz CT molecular complexity index is 881. The SMILES string of the molecule is COc1cc(F)cc(CN(N)C(=O)Nc2ccc(-c3cn[nH]c3)cc2)c1. The average molecular weight is 355 g/mol. The van der Waals surface area contributed by atoms with E-state index < -0.39 is 11.8 Å². The lowest BCUT2D eigenvalue weighted by Gasteiger charge is -2.18. The fourth-order valence-electron chi connectivity index (χ4n) is 2.45. The van der Waals surface area contributed by atoms with Crippen molar-refractivity contribution in [2.24, 2.45) is 5.84 Å². The Labute approximate surface area is 149 Å². The van der Waals surface area contributed by atoms with Crippen molar-refractivity contribution in [3.8, 4) is 16.9 Å². The Balaban J connectivity index is 1.63. The molecular weight excluding hydrogens is 337 g/mol. The number of nitrogens with zero attached hydrogens (tertiary/aromatic N) is 2. The molecular formula is C18H18FN5O2. The number of nitrogens with two attached hydrogens (primary N) is 1. The molecule has 0 fully saturated rings. The molecule has 134 valence electrons. The molecule has 0 unspecified atom stereocenters. The number of carbonyl (C=O) groups excluding carboxylic acids is 1. The van der Waals surface area contributed by atoms with Crippen molar-refractivity contribution in [3.63, 3.8) is 0 Å². The van der Waals surface area contributed by atoms with Crippen molar-refractivity contribution < 1.29 is 13.9 Å². The molecule has 0 radical (unpaired) electrons. The number of aromatic nitrogens is 2. The molecule has 4 N–H and O–H groups in total. The van der Waals surface area contributed by atoms with Crippen LogP contribution in [0.2, 0.25) is 0 Å². The third-order valence-electron chi connectivity index (χ3n) is 3.75. The van der Waals surface area contributed by atoms with Crippen molar-refractivity contribution >= 4 is 11.7 Å². The number of ether oxygens (including phenoxy) is 1. The molecule has 1 heterocycles. The molecule has 3 rings (SSSR count). The first kappa shape index (κ1) is 17.4. The second kappa shape index (κ2) is 7.66. The summed E-state index contributed by atoms with van der Waals surface area (Å²) in [6.45, 7) is 0.0348. The maximum Gasteiger partial charge on any atom is 0.336 e. The molecule has 0 saturated carbocycles. The van der Waals surface area contributed by atoms with Crippen LogP contribution >= 0.6 is 0 Å². The van der Waals surface area contributed by atoms with Crippen LogP contribution in [0.15, 0.2) is 54.9 Å². The third-order valence-corrected chi connectivity index (χ3v) is 3.75. The number of urea groups is 1. The monoisotopic (exact) mass is 355 g/mol. The zero-order chi connectivity index (χ0) is 18.5. The number of halogens is 1. The van der Waals surface area contributed by atoms with E-state index in [9.17, 15) is 9.18 Å². The van der Waals surface area contributed by atoms with Gasteiger partial charge in [-0.2, -0.15) is 5.10 Å². The summed E-state index contributed by atoms with van der Waals surface area (Å²) in [4.78, 5) is 12.2. The van der Waals surface area contributed by atoms with Gasteiger partial charge in [0.25, 0.3) is 0 Å².